The van der Waals surface area contributed by atoms with Gasteiger partial charge in [-0.1, -0.05) is 6.92 Å². The van der Waals surface area contributed by atoms with Crippen LogP contribution in [0.3, 0.4) is 0 Å². The molecule has 7 nitrogen and oxygen atoms in total. The molecule has 0 fully saturated rings. The summed E-state index contributed by atoms with van der Waals surface area (Å²) in [6.07, 6.45) is 0.872. The second-order valence-corrected chi connectivity index (χ2v) is 3.20. The van der Waals surface area contributed by atoms with Crippen LogP contribution in [0.25, 0.3) is 0 Å². The lowest BCUT2D eigenvalue weighted by atomic mass is 10.3. The SMILES string of the molecule is CCCNc1nn(CC(=O)O)c(N)c1C#N. The molecule has 0 aliphatic rings. The maximum atomic E-state index is 10.5. The van der Waals surface area contributed by atoms with Crippen LogP contribution >= 0.6 is 0 Å². The number of nitriles is 1. The molecule has 16 heavy (non-hydrogen) atoms. The lowest BCUT2D eigenvalue weighted by molar-refractivity contribution is -0.137. The van der Waals surface area contributed by atoms with Crippen LogP contribution in [0.1, 0.15) is 18.9 Å². The number of carboxylic acid groups (broad SMARTS) is 1. The third-order valence-corrected chi connectivity index (χ3v) is 1.93. The van der Waals surface area contributed by atoms with Crippen LogP contribution < -0.4 is 11.1 Å². The van der Waals surface area contributed by atoms with Gasteiger partial charge < -0.3 is 16.2 Å². The molecule has 1 heterocycles. The zero-order valence-electron chi connectivity index (χ0n) is 8.90. The molecular weight excluding hydrogens is 210 g/mol. The highest BCUT2D eigenvalue weighted by Crippen LogP contribution is 2.20. The molecule has 0 atom stereocenters. The maximum Gasteiger partial charge on any atom is 0.325 e. The number of aliphatic carboxylic acids is 1. The van der Waals surface area contributed by atoms with Crippen molar-refractivity contribution in [1.82, 2.24) is 9.78 Å². The summed E-state index contributed by atoms with van der Waals surface area (Å²) < 4.78 is 1.10. The van der Waals surface area contributed by atoms with Gasteiger partial charge in [0.1, 0.15) is 24.0 Å². The van der Waals surface area contributed by atoms with Gasteiger partial charge in [-0.15, -0.1) is 0 Å². The van der Waals surface area contributed by atoms with Crippen LogP contribution in [0.15, 0.2) is 0 Å². The van der Waals surface area contributed by atoms with Gasteiger partial charge in [-0.25, -0.2) is 4.68 Å². The molecule has 0 aliphatic heterocycles. The molecule has 0 aromatic carbocycles. The lowest BCUT2D eigenvalue weighted by Crippen LogP contribution is -2.13. The first-order valence-electron chi connectivity index (χ1n) is 4.82. The monoisotopic (exact) mass is 223 g/mol. The van der Waals surface area contributed by atoms with Crippen LogP contribution in [0.4, 0.5) is 11.6 Å². The predicted octanol–water partition coefficient (Wildman–Crippen LogP) is 0.243. The molecule has 0 spiro atoms. The molecular formula is C9H13N5O2. The second-order valence-electron chi connectivity index (χ2n) is 3.20. The van der Waals surface area contributed by atoms with Crippen LogP contribution in [-0.4, -0.2) is 27.4 Å². The van der Waals surface area contributed by atoms with Crippen LogP contribution in [0, 0.1) is 11.3 Å². The Labute approximate surface area is 92.5 Å². The minimum atomic E-state index is -1.05. The summed E-state index contributed by atoms with van der Waals surface area (Å²) in [5.74, 6) is -0.646. The zero-order valence-corrected chi connectivity index (χ0v) is 8.90. The summed E-state index contributed by atoms with van der Waals surface area (Å²) in [6, 6.07) is 1.90. The number of anilines is 2. The van der Waals surface area contributed by atoms with E-state index in [1.54, 1.807) is 0 Å². The molecule has 0 bridgehead atoms. The standard InChI is InChI=1S/C9H13N5O2/c1-2-3-12-9-6(4-10)8(11)14(13-9)5-7(15)16/h2-3,5,11H2,1H3,(H,12,13)(H,15,16). The first-order chi connectivity index (χ1) is 7.60. The fraction of sp³-hybridized carbons (Fsp3) is 0.444. The van der Waals surface area contributed by atoms with Gasteiger partial charge in [0.05, 0.1) is 0 Å². The second kappa shape index (κ2) is 5.02. The summed E-state index contributed by atoms with van der Waals surface area (Å²) in [5, 5.41) is 24.4. The smallest absolute Gasteiger partial charge is 0.325 e. The maximum absolute atomic E-state index is 10.5. The molecule has 0 unspecified atom stereocenters. The van der Waals surface area contributed by atoms with Crippen molar-refractivity contribution in [3.63, 3.8) is 0 Å². The molecule has 0 amide bonds. The summed E-state index contributed by atoms with van der Waals surface area (Å²) in [6.45, 7) is 2.27. The Balaban J connectivity index is 3.01. The average molecular weight is 223 g/mol. The van der Waals surface area contributed by atoms with Gasteiger partial charge in [0, 0.05) is 6.54 Å². The van der Waals surface area contributed by atoms with E-state index in [0.29, 0.717) is 12.4 Å². The Morgan fingerprint density at radius 1 is 1.75 bits per heavy atom. The molecule has 4 N–H and O–H groups in total. The van der Waals surface area contributed by atoms with Crippen molar-refractivity contribution in [3.05, 3.63) is 5.56 Å². The predicted molar refractivity (Wildman–Crippen MR) is 57.8 cm³/mol. The fourth-order valence-corrected chi connectivity index (χ4v) is 1.20. The number of rotatable bonds is 5. The third kappa shape index (κ3) is 2.42. The number of nitrogen functional groups attached to an aromatic ring is 1. The minimum Gasteiger partial charge on any atom is -0.480 e. The first kappa shape index (κ1) is 11.8. The summed E-state index contributed by atoms with van der Waals surface area (Å²) >= 11 is 0. The van der Waals surface area contributed by atoms with Gasteiger partial charge >= 0.3 is 5.97 Å². The fourth-order valence-electron chi connectivity index (χ4n) is 1.20. The van der Waals surface area contributed by atoms with Gasteiger partial charge in [0.25, 0.3) is 0 Å². The number of carbonyl (C=O) groups is 1. The van der Waals surface area contributed by atoms with E-state index in [9.17, 15) is 4.79 Å². The van der Waals surface area contributed by atoms with Crippen LogP contribution in [-0.2, 0) is 11.3 Å². The number of nitrogens with zero attached hydrogens (tertiary/aromatic N) is 3. The number of nitrogens with two attached hydrogens (primary N) is 1. The Kier molecular flexibility index (Phi) is 3.72. The number of carboxylic acids is 1. The summed E-state index contributed by atoms with van der Waals surface area (Å²) in [4.78, 5) is 10.5. The Hall–Kier alpha value is -2.23. The number of nitrogens with one attached hydrogen (secondary N) is 1. The number of aromatic nitrogens is 2. The number of hydrogen-bond donors (Lipinski definition) is 3. The van der Waals surface area contributed by atoms with Crippen molar-refractivity contribution in [2.45, 2.75) is 19.9 Å². The highest BCUT2D eigenvalue weighted by Gasteiger charge is 2.16. The van der Waals surface area contributed by atoms with E-state index in [1.165, 1.54) is 0 Å². The topological polar surface area (TPSA) is 117 Å². The van der Waals surface area contributed by atoms with E-state index in [4.69, 9.17) is 16.1 Å². The van der Waals surface area contributed by atoms with Gasteiger partial charge in [-0.05, 0) is 6.42 Å². The number of hydrogen-bond acceptors (Lipinski definition) is 5. The van der Waals surface area contributed by atoms with Crippen molar-refractivity contribution in [3.8, 4) is 6.07 Å². The third-order valence-electron chi connectivity index (χ3n) is 1.93. The van der Waals surface area contributed by atoms with E-state index in [1.807, 2.05) is 13.0 Å². The minimum absolute atomic E-state index is 0.0727. The molecule has 0 aliphatic carbocycles. The van der Waals surface area contributed by atoms with Crippen LogP contribution in [0.2, 0.25) is 0 Å². The van der Waals surface area contributed by atoms with E-state index in [2.05, 4.69) is 10.4 Å². The van der Waals surface area contributed by atoms with E-state index in [0.717, 1.165) is 11.1 Å². The largest absolute Gasteiger partial charge is 0.480 e. The van der Waals surface area contributed by atoms with Crippen LogP contribution in [0.5, 0.6) is 0 Å². The average Bonchev–Trinajstić information content (AvgIpc) is 2.51. The van der Waals surface area contributed by atoms with Crippen molar-refractivity contribution < 1.29 is 9.90 Å². The molecule has 0 saturated carbocycles. The summed E-state index contributed by atoms with van der Waals surface area (Å²) in [5.41, 5.74) is 5.80. The van der Waals surface area contributed by atoms with Crippen molar-refractivity contribution >= 4 is 17.6 Å². The molecule has 7 heteroatoms. The Bertz CT molecular complexity index is 432. The zero-order chi connectivity index (χ0) is 12.1. The van der Waals surface area contributed by atoms with Crippen molar-refractivity contribution in [2.24, 2.45) is 0 Å². The van der Waals surface area contributed by atoms with Gasteiger partial charge in [0.2, 0.25) is 0 Å². The van der Waals surface area contributed by atoms with Gasteiger partial charge in [0.15, 0.2) is 5.82 Å². The Morgan fingerprint density at radius 3 is 2.94 bits per heavy atom. The molecule has 0 radical (unpaired) electrons. The van der Waals surface area contributed by atoms with Gasteiger partial charge in [-0.2, -0.15) is 10.4 Å². The first-order valence-corrected chi connectivity index (χ1v) is 4.82. The quantitative estimate of drug-likeness (QED) is 0.658. The molecule has 1 rings (SSSR count). The van der Waals surface area contributed by atoms with Crippen molar-refractivity contribution in [1.29, 1.82) is 5.26 Å². The van der Waals surface area contributed by atoms with E-state index >= 15 is 0 Å². The molecule has 86 valence electrons. The molecule has 1 aromatic rings. The van der Waals surface area contributed by atoms with Gasteiger partial charge in [-0.3, -0.25) is 4.79 Å². The van der Waals surface area contributed by atoms with E-state index < -0.39 is 5.97 Å². The Morgan fingerprint density at radius 2 is 2.44 bits per heavy atom. The lowest BCUT2D eigenvalue weighted by Gasteiger charge is -1.99. The highest BCUT2D eigenvalue weighted by molar-refractivity contribution is 5.69. The summed E-state index contributed by atoms with van der Waals surface area (Å²) in [7, 11) is 0. The normalized spacial score (nSPS) is 9.75. The van der Waals surface area contributed by atoms with Crippen molar-refractivity contribution in [2.75, 3.05) is 17.6 Å². The highest BCUT2D eigenvalue weighted by atomic mass is 16.4. The molecule has 1 aromatic heterocycles. The molecule has 0 saturated heterocycles. The van der Waals surface area contributed by atoms with E-state index in [-0.39, 0.29) is 17.9 Å².